The van der Waals surface area contributed by atoms with E-state index in [2.05, 4.69) is 0 Å². The second kappa shape index (κ2) is 7.89. The van der Waals surface area contributed by atoms with Crippen LogP contribution in [0.1, 0.15) is 52.0 Å². The van der Waals surface area contributed by atoms with Crippen LogP contribution in [-0.2, 0) is 14.4 Å². The molecule has 1 aliphatic rings. The van der Waals surface area contributed by atoms with E-state index < -0.39 is 35.7 Å². The van der Waals surface area contributed by atoms with Gasteiger partial charge in [-0.05, 0) is 42.4 Å². The van der Waals surface area contributed by atoms with Crippen molar-refractivity contribution in [3.63, 3.8) is 0 Å². The summed E-state index contributed by atoms with van der Waals surface area (Å²) in [5.74, 6) is -3.02. The summed E-state index contributed by atoms with van der Waals surface area (Å²) in [4.78, 5) is 38.8. The fraction of sp³-hybridized carbons (Fsp3) is 0.550. The van der Waals surface area contributed by atoms with Gasteiger partial charge in [0.2, 0.25) is 11.8 Å². The molecule has 26 heavy (non-hydrogen) atoms. The number of hydrogen-bond donors (Lipinski definition) is 2. The number of rotatable bonds is 7. The van der Waals surface area contributed by atoms with Crippen LogP contribution < -0.4 is 0 Å². The third kappa shape index (κ3) is 4.06. The Kier molecular flexibility index (Phi) is 6.05. The fourth-order valence-corrected chi connectivity index (χ4v) is 3.62. The maximum absolute atomic E-state index is 13.1. The van der Waals surface area contributed by atoms with Gasteiger partial charge in [-0.3, -0.25) is 14.5 Å². The number of aromatic hydroxyl groups is 1. The Morgan fingerprint density at radius 1 is 1.04 bits per heavy atom. The summed E-state index contributed by atoms with van der Waals surface area (Å²) in [6.07, 6.45) is 0.726. The van der Waals surface area contributed by atoms with Crippen molar-refractivity contribution in [2.45, 2.75) is 52.5 Å². The predicted octanol–water partition coefficient (Wildman–Crippen LogP) is 3.01. The summed E-state index contributed by atoms with van der Waals surface area (Å²) in [6, 6.07) is 5.06. The third-order valence-corrected chi connectivity index (χ3v) is 4.73. The largest absolute Gasteiger partial charge is 0.508 e. The van der Waals surface area contributed by atoms with Crippen LogP contribution in [0.15, 0.2) is 24.3 Å². The number of carboxylic acids is 1. The smallest absolute Gasteiger partial charge is 0.326 e. The molecule has 1 saturated heterocycles. The highest BCUT2D eigenvalue weighted by molar-refractivity contribution is 6.10. The highest BCUT2D eigenvalue weighted by Gasteiger charge is 2.52. The van der Waals surface area contributed by atoms with Crippen LogP contribution in [0.2, 0.25) is 0 Å². The Morgan fingerprint density at radius 3 is 2.08 bits per heavy atom. The molecule has 6 nitrogen and oxygen atoms in total. The molecule has 0 bridgehead atoms. The average Bonchev–Trinajstić information content (AvgIpc) is 2.76. The first kappa shape index (κ1) is 19.9. The van der Waals surface area contributed by atoms with E-state index in [4.69, 9.17) is 0 Å². The molecule has 0 saturated carbocycles. The summed E-state index contributed by atoms with van der Waals surface area (Å²) in [5.41, 5.74) is 0.628. The average molecular weight is 361 g/mol. The molecule has 142 valence electrons. The molecule has 2 rings (SSSR count). The molecule has 3 atom stereocenters. The summed E-state index contributed by atoms with van der Waals surface area (Å²) in [7, 11) is 0. The summed E-state index contributed by atoms with van der Waals surface area (Å²) < 4.78 is 0. The van der Waals surface area contributed by atoms with E-state index in [-0.39, 0.29) is 24.0 Å². The quantitative estimate of drug-likeness (QED) is 0.728. The Balaban J connectivity index is 2.46. The minimum atomic E-state index is -1.16. The maximum atomic E-state index is 13.1. The molecule has 1 aromatic carbocycles. The molecule has 1 fully saturated rings. The minimum Gasteiger partial charge on any atom is -0.508 e. The zero-order valence-corrected chi connectivity index (χ0v) is 15.7. The van der Waals surface area contributed by atoms with Crippen LogP contribution in [0, 0.1) is 17.8 Å². The number of carbonyl (C=O) groups excluding carboxylic acids is 2. The molecule has 0 aliphatic carbocycles. The molecule has 0 aromatic heterocycles. The van der Waals surface area contributed by atoms with E-state index in [1.807, 2.05) is 27.7 Å². The molecular formula is C20H27NO5. The minimum absolute atomic E-state index is 0.0352. The third-order valence-electron chi connectivity index (χ3n) is 4.73. The molecule has 1 aliphatic heterocycles. The molecular weight excluding hydrogens is 334 g/mol. The maximum Gasteiger partial charge on any atom is 0.326 e. The van der Waals surface area contributed by atoms with Crippen molar-refractivity contribution in [1.82, 2.24) is 4.90 Å². The first-order chi connectivity index (χ1) is 12.1. The number of aliphatic carboxylic acids is 1. The van der Waals surface area contributed by atoms with Gasteiger partial charge in [0.15, 0.2) is 0 Å². The number of hydrogen-bond acceptors (Lipinski definition) is 4. The van der Waals surface area contributed by atoms with Crippen molar-refractivity contribution >= 4 is 17.8 Å². The number of likely N-dealkylation sites (tertiary alicyclic amines) is 1. The number of carbonyl (C=O) groups is 3. The van der Waals surface area contributed by atoms with Gasteiger partial charge in [0.05, 0.1) is 11.8 Å². The van der Waals surface area contributed by atoms with Crippen LogP contribution >= 0.6 is 0 Å². The van der Waals surface area contributed by atoms with E-state index >= 15 is 0 Å². The first-order valence-electron chi connectivity index (χ1n) is 9.02. The standard InChI is InChI=1S/C20H27NO5/c1-11(2)9-15-17(13-5-7-14(22)8-6-13)19(24)21(18(15)23)16(20(25)26)10-12(3)4/h5-8,11-12,15-17,22H,9-10H2,1-4H3,(H,25,26). The van der Waals surface area contributed by atoms with Crippen LogP contribution in [0.25, 0.3) is 0 Å². The Morgan fingerprint density at radius 2 is 1.62 bits per heavy atom. The zero-order chi connectivity index (χ0) is 19.6. The van der Waals surface area contributed by atoms with Crippen molar-refractivity contribution in [3.8, 4) is 5.75 Å². The van der Waals surface area contributed by atoms with E-state index in [0.717, 1.165) is 4.90 Å². The van der Waals surface area contributed by atoms with Gasteiger partial charge in [0.25, 0.3) is 0 Å². The molecule has 2 amide bonds. The zero-order valence-electron chi connectivity index (χ0n) is 15.7. The lowest BCUT2D eigenvalue weighted by Crippen LogP contribution is -2.46. The number of benzene rings is 1. The Bertz CT molecular complexity index is 680. The molecule has 0 spiro atoms. The second-order valence-corrected chi connectivity index (χ2v) is 7.84. The van der Waals surface area contributed by atoms with Gasteiger partial charge >= 0.3 is 5.97 Å². The molecule has 1 heterocycles. The van der Waals surface area contributed by atoms with Crippen molar-refractivity contribution in [1.29, 1.82) is 0 Å². The van der Waals surface area contributed by atoms with Crippen molar-refractivity contribution in [2.24, 2.45) is 17.8 Å². The van der Waals surface area contributed by atoms with Gasteiger partial charge in [-0.1, -0.05) is 39.8 Å². The van der Waals surface area contributed by atoms with Gasteiger partial charge < -0.3 is 10.2 Å². The molecule has 1 aromatic rings. The van der Waals surface area contributed by atoms with E-state index in [0.29, 0.717) is 12.0 Å². The molecule has 6 heteroatoms. The molecule has 3 unspecified atom stereocenters. The Labute approximate surface area is 153 Å². The lowest BCUT2D eigenvalue weighted by Gasteiger charge is -2.24. The predicted molar refractivity (Wildman–Crippen MR) is 96.5 cm³/mol. The topological polar surface area (TPSA) is 94.9 Å². The lowest BCUT2D eigenvalue weighted by molar-refractivity contribution is -0.155. The van der Waals surface area contributed by atoms with Gasteiger partial charge in [0.1, 0.15) is 11.8 Å². The monoisotopic (exact) mass is 361 g/mol. The number of nitrogens with zero attached hydrogens (tertiary/aromatic N) is 1. The summed E-state index contributed by atoms with van der Waals surface area (Å²) in [6.45, 7) is 7.67. The number of phenols is 1. The Hall–Kier alpha value is -2.37. The molecule has 2 N–H and O–H groups in total. The van der Waals surface area contributed by atoms with Crippen LogP contribution in [0.4, 0.5) is 0 Å². The van der Waals surface area contributed by atoms with Crippen LogP contribution in [-0.4, -0.2) is 38.9 Å². The van der Waals surface area contributed by atoms with Crippen molar-refractivity contribution < 1.29 is 24.6 Å². The van der Waals surface area contributed by atoms with Crippen molar-refractivity contribution in [3.05, 3.63) is 29.8 Å². The fourth-order valence-electron chi connectivity index (χ4n) is 3.62. The van der Waals surface area contributed by atoms with E-state index in [9.17, 15) is 24.6 Å². The van der Waals surface area contributed by atoms with E-state index in [1.54, 1.807) is 12.1 Å². The number of amides is 2. The highest BCUT2D eigenvalue weighted by Crippen LogP contribution is 2.40. The first-order valence-corrected chi connectivity index (χ1v) is 9.02. The molecule has 0 radical (unpaired) electrons. The summed E-state index contributed by atoms with van der Waals surface area (Å²) >= 11 is 0. The number of imide groups is 1. The van der Waals surface area contributed by atoms with Gasteiger partial charge in [-0.25, -0.2) is 4.79 Å². The van der Waals surface area contributed by atoms with Crippen molar-refractivity contribution in [2.75, 3.05) is 0 Å². The summed E-state index contributed by atoms with van der Waals surface area (Å²) in [5, 5.41) is 19.1. The normalized spacial score (nSPS) is 21.7. The number of carboxylic acid groups (broad SMARTS) is 1. The highest BCUT2D eigenvalue weighted by atomic mass is 16.4. The van der Waals surface area contributed by atoms with Crippen LogP contribution in [0.5, 0.6) is 5.75 Å². The van der Waals surface area contributed by atoms with Crippen LogP contribution in [0.3, 0.4) is 0 Å². The van der Waals surface area contributed by atoms with Gasteiger partial charge in [0, 0.05) is 0 Å². The SMILES string of the molecule is CC(C)CC1C(=O)N(C(CC(C)C)C(=O)O)C(=O)C1c1ccc(O)cc1. The van der Waals surface area contributed by atoms with Gasteiger partial charge in [-0.15, -0.1) is 0 Å². The number of phenolic OH excluding ortho intramolecular Hbond substituents is 1. The van der Waals surface area contributed by atoms with E-state index in [1.165, 1.54) is 12.1 Å². The van der Waals surface area contributed by atoms with Gasteiger partial charge in [-0.2, -0.15) is 0 Å². The second-order valence-electron chi connectivity index (χ2n) is 7.84. The lowest BCUT2D eigenvalue weighted by atomic mass is 9.83.